The van der Waals surface area contributed by atoms with E-state index in [9.17, 15) is 0 Å². The van der Waals surface area contributed by atoms with Gasteiger partial charge in [0.2, 0.25) is 0 Å². The van der Waals surface area contributed by atoms with Gasteiger partial charge in [-0.1, -0.05) is 13.3 Å². The lowest BCUT2D eigenvalue weighted by Crippen LogP contribution is -2.50. The summed E-state index contributed by atoms with van der Waals surface area (Å²) in [6, 6.07) is 2.34. The highest BCUT2D eigenvalue weighted by atomic mass is 15.2. The molecule has 1 heterocycles. The molecule has 2 rings (SSSR count). The average Bonchev–Trinajstić information content (AvgIpc) is 2.47. The molecule has 1 aliphatic heterocycles. The minimum Gasteiger partial charge on any atom is -0.312 e. The molecule has 0 amide bonds. The second-order valence-corrected chi connectivity index (χ2v) is 5.70. The van der Waals surface area contributed by atoms with Crippen LogP contribution < -0.4 is 5.32 Å². The first kappa shape index (κ1) is 11.4. The Hall–Kier alpha value is -0.0800. The molecular weight excluding hydrogens is 184 g/mol. The molecule has 0 aromatic rings. The van der Waals surface area contributed by atoms with Crippen molar-refractivity contribution in [3.8, 4) is 0 Å². The van der Waals surface area contributed by atoms with Gasteiger partial charge in [0.15, 0.2) is 0 Å². The Kier molecular flexibility index (Phi) is 3.68. The summed E-state index contributed by atoms with van der Waals surface area (Å²) in [5, 5.41) is 3.65. The van der Waals surface area contributed by atoms with Crippen molar-refractivity contribution < 1.29 is 0 Å². The molecular formula is C13H26N2. The van der Waals surface area contributed by atoms with Crippen LogP contribution in [0.5, 0.6) is 0 Å². The van der Waals surface area contributed by atoms with Crippen molar-refractivity contribution in [3.05, 3.63) is 0 Å². The minimum atomic E-state index is 0.713. The smallest absolute Gasteiger partial charge is 0.0221 e. The van der Waals surface area contributed by atoms with Crippen molar-refractivity contribution >= 4 is 0 Å². The fraction of sp³-hybridized carbons (Fsp3) is 1.00. The van der Waals surface area contributed by atoms with Gasteiger partial charge in [0.25, 0.3) is 0 Å². The summed E-state index contributed by atoms with van der Waals surface area (Å²) in [5.74, 6) is 0.867. The van der Waals surface area contributed by atoms with E-state index < -0.39 is 0 Å². The molecule has 0 spiro atoms. The number of hydrogen-bond donors (Lipinski definition) is 1. The van der Waals surface area contributed by atoms with Crippen LogP contribution >= 0.6 is 0 Å². The predicted octanol–water partition coefficient (Wildman–Crippen LogP) is 2.25. The van der Waals surface area contributed by atoms with Gasteiger partial charge in [-0.2, -0.15) is 0 Å². The SMILES string of the molecule is CC1CCNC1CN(C(C)C)C1CCC1. The molecule has 2 heteroatoms. The third-order valence-electron chi connectivity index (χ3n) is 4.31. The van der Waals surface area contributed by atoms with E-state index in [4.69, 9.17) is 0 Å². The van der Waals surface area contributed by atoms with E-state index in [1.807, 2.05) is 0 Å². The summed E-state index contributed by atoms with van der Waals surface area (Å²) in [5.41, 5.74) is 0. The third-order valence-corrected chi connectivity index (χ3v) is 4.31. The second-order valence-electron chi connectivity index (χ2n) is 5.70. The van der Waals surface area contributed by atoms with Crippen LogP contribution in [0.3, 0.4) is 0 Å². The van der Waals surface area contributed by atoms with E-state index in [2.05, 4.69) is 31.0 Å². The van der Waals surface area contributed by atoms with Crippen LogP contribution in [-0.4, -0.2) is 36.1 Å². The molecule has 2 fully saturated rings. The Morgan fingerprint density at radius 3 is 2.40 bits per heavy atom. The zero-order valence-corrected chi connectivity index (χ0v) is 10.5. The van der Waals surface area contributed by atoms with Crippen LogP contribution in [0.4, 0.5) is 0 Å². The molecule has 88 valence electrons. The van der Waals surface area contributed by atoms with Crippen LogP contribution in [-0.2, 0) is 0 Å². The zero-order valence-electron chi connectivity index (χ0n) is 10.5. The summed E-state index contributed by atoms with van der Waals surface area (Å²) in [6.07, 6.45) is 5.67. The standard InChI is InChI=1S/C13H26N2/c1-10(2)15(12-5-4-6-12)9-13-11(3)7-8-14-13/h10-14H,4-9H2,1-3H3. The van der Waals surface area contributed by atoms with E-state index in [0.717, 1.165) is 18.0 Å². The number of nitrogens with one attached hydrogen (secondary N) is 1. The molecule has 2 nitrogen and oxygen atoms in total. The number of hydrogen-bond acceptors (Lipinski definition) is 2. The molecule has 2 unspecified atom stereocenters. The Morgan fingerprint density at radius 1 is 1.27 bits per heavy atom. The van der Waals surface area contributed by atoms with Gasteiger partial charge < -0.3 is 5.32 Å². The van der Waals surface area contributed by atoms with E-state index in [-0.39, 0.29) is 0 Å². The average molecular weight is 210 g/mol. The van der Waals surface area contributed by atoms with Crippen molar-refractivity contribution in [3.63, 3.8) is 0 Å². The van der Waals surface area contributed by atoms with Crippen molar-refractivity contribution in [2.45, 2.75) is 64.6 Å². The highest BCUT2D eigenvalue weighted by Gasteiger charge is 2.31. The Morgan fingerprint density at radius 2 is 2.00 bits per heavy atom. The maximum Gasteiger partial charge on any atom is 0.0221 e. The molecule has 2 atom stereocenters. The minimum absolute atomic E-state index is 0.713. The van der Waals surface area contributed by atoms with Crippen molar-refractivity contribution in [1.82, 2.24) is 10.2 Å². The molecule has 1 aliphatic carbocycles. The summed E-state index contributed by atoms with van der Waals surface area (Å²) < 4.78 is 0. The highest BCUT2D eigenvalue weighted by molar-refractivity contribution is 4.89. The molecule has 1 saturated carbocycles. The monoisotopic (exact) mass is 210 g/mol. The topological polar surface area (TPSA) is 15.3 Å². The zero-order chi connectivity index (χ0) is 10.8. The van der Waals surface area contributed by atoms with Crippen LogP contribution in [0.2, 0.25) is 0 Å². The molecule has 0 aromatic heterocycles. The Bertz CT molecular complexity index is 199. The van der Waals surface area contributed by atoms with Gasteiger partial charge in [0.05, 0.1) is 0 Å². The normalized spacial score (nSPS) is 32.6. The Balaban J connectivity index is 1.87. The lowest BCUT2D eigenvalue weighted by Gasteiger charge is -2.42. The second kappa shape index (κ2) is 4.84. The maximum atomic E-state index is 3.65. The Labute approximate surface area is 94.4 Å². The van der Waals surface area contributed by atoms with Gasteiger partial charge in [-0.3, -0.25) is 4.90 Å². The van der Waals surface area contributed by atoms with Gasteiger partial charge in [-0.05, 0) is 45.6 Å². The van der Waals surface area contributed by atoms with E-state index in [1.54, 1.807) is 0 Å². The van der Waals surface area contributed by atoms with Gasteiger partial charge >= 0.3 is 0 Å². The molecule has 2 aliphatic rings. The van der Waals surface area contributed by atoms with E-state index in [1.165, 1.54) is 38.8 Å². The number of rotatable bonds is 4. The third kappa shape index (κ3) is 2.54. The largest absolute Gasteiger partial charge is 0.312 e. The summed E-state index contributed by atoms with van der Waals surface area (Å²) in [4.78, 5) is 2.73. The first-order chi connectivity index (χ1) is 7.18. The van der Waals surface area contributed by atoms with Crippen LogP contribution in [0, 0.1) is 5.92 Å². The van der Waals surface area contributed by atoms with Gasteiger partial charge in [0.1, 0.15) is 0 Å². The van der Waals surface area contributed by atoms with E-state index in [0.29, 0.717) is 6.04 Å². The first-order valence-electron chi connectivity index (χ1n) is 6.67. The number of nitrogens with zero attached hydrogens (tertiary/aromatic N) is 1. The maximum absolute atomic E-state index is 3.65. The molecule has 0 bridgehead atoms. The fourth-order valence-corrected chi connectivity index (χ4v) is 2.87. The summed E-state index contributed by atoms with van der Waals surface area (Å²) in [6.45, 7) is 9.58. The van der Waals surface area contributed by atoms with Gasteiger partial charge in [-0.15, -0.1) is 0 Å². The van der Waals surface area contributed by atoms with Crippen molar-refractivity contribution in [1.29, 1.82) is 0 Å². The van der Waals surface area contributed by atoms with Gasteiger partial charge in [0, 0.05) is 24.7 Å². The summed E-state index contributed by atoms with van der Waals surface area (Å²) in [7, 11) is 0. The lowest BCUT2D eigenvalue weighted by molar-refractivity contribution is 0.0804. The van der Waals surface area contributed by atoms with Crippen LogP contribution in [0.25, 0.3) is 0 Å². The van der Waals surface area contributed by atoms with Crippen LogP contribution in [0.15, 0.2) is 0 Å². The van der Waals surface area contributed by atoms with Crippen LogP contribution in [0.1, 0.15) is 46.5 Å². The van der Waals surface area contributed by atoms with Crippen molar-refractivity contribution in [2.24, 2.45) is 5.92 Å². The molecule has 15 heavy (non-hydrogen) atoms. The molecule has 1 saturated heterocycles. The summed E-state index contributed by atoms with van der Waals surface area (Å²) >= 11 is 0. The molecule has 0 aromatic carbocycles. The molecule has 0 radical (unpaired) electrons. The van der Waals surface area contributed by atoms with Gasteiger partial charge in [-0.25, -0.2) is 0 Å². The molecule has 1 N–H and O–H groups in total. The van der Waals surface area contributed by atoms with E-state index >= 15 is 0 Å². The first-order valence-corrected chi connectivity index (χ1v) is 6.67. The highest BCUT2D eigenvalue weighted by Crippen LogP contribution is 2.28. The fourth-order valence-electron chi connectivity index (χ4n) is 2.87. The predicted molar refractivity (Wildman–Crippen MR) is 65.1 cm³/mol. The lowest BCUT2D eigenvalue weighted by atomic mass is 9.89. The quantitative estimate of drug-likeness (QED) is 0.765. The van der Waals surface area contributed by atoms with Crippen molar-refractivity contribution in [2.75, 3.05) is 13.1 Å².